The topological polar surface area (TPSA) is 70.3 Å². The maximum absolute atomic E-state index is 5.96. The normalized spacial score (nSPS) is 13.1. The molecule has 0 aromatic carbocycles. The standard InChI is InChI=1S/C10H17N3O2/c1-3-14-10(15-4-2)9(11)8-7-12-5-6-13-8/h5-7,9-10H,3-4,11H2,1-2H3. The van der Waals surface area contributed by atoms with Crippen LogP contribution in [0.3, 0.4) is 0 Å². The van der Waals surface area contributed by atoms with Crippen molar-refractivity contribution in [3.8, 4) is 0 Å². The van der Waals surface area contributed by atoms with Crippen LogP contribution in [0, 0.1) is 0 Å². The lowest BCUT2D eigenvalue weighted by Gasteiger charge is -2.22. The van der Waals surface area contributed by atoms with Gasteiger partial charge in [0.05, 0.1) is 11.9 Å². The van der Waals surface area contributed by atoms with Crippen LogP contribution in [-0.4, -0.2) is 29.5 Å². The molecule has 0 bridgehead atoms. The summed E-state index contributed by atoms with van der Waals surface area (Å²) in [6.07, 6.45) is 4.36. The minimum atomic E-state index is -0.461. The fraction of sp³-hybridized carbons (Fsp3) is 0.600. The highest BCUT2D eigenvalue weighted by Gasteiger charge is 2.21. The third kappa shape index (κ3) is 3.54. The lowest BCUT2D eigenvalue weighted by molar-refractivity contribution is -0.150. The van der Waals surface area contributed by atoms with Crippen molar-refractivity contribution in [1.29, 1.82) is 0 Å². The van der Waals surface area contributed by atoms with E-state index in [0.717, 1.165) is 0 Å². The fourth-order valence-electron chi connectivity index (χ4n) is 1.21. The van der Waals surface area contributed by atoms with Crippen LogP contribution in [-0.2, 0) is 9.47 Å². The summed E-state index contributed by atoms with van der Waals surface area (Å²) in [6.45, 7) is 4.90. The largest absolute Gasteiger partial charge is 0.351 e. The first-order chi connectivity index (χ1) is 7.29. The van der Waals surface area contributed by atoms with Crippen LogP contribution in [0.4, 0.5) is 0 Å². The summed E-state index contributed by atoms with van der Waals surface area (Å²) >= 11 is 0. The van der Waals surface area contributed by atoms with Crippen molar-refractivity contribution in [3.63, 3.8) is 0 Å². The summed E-state index contributed by atoms with van der Waals surface area (Å²) < 4.78 is 10.8. The summed E-state index contributed by atoms with van der Waals surface area (Å²) in [6, 6.07) is -0.404. The number of hydrogen-bond acceptors (Lipinski definition) is 5. The Hall–Kier alpha value is -1.04. The third-order valence-electron chi connectivity index (χ3n) is 1.88. The van der Waals surface area contributed by atoms with Crippen molar-refractivity contribution in [2.24, 2.45) is 5.73 Å². The van der Waals surface area contributed by atoms with Crippen molar-refractivity contribution in [2.75, 3.05) is 13.2 Å². The second-order valence-corrected chi connectivity index (χ2v) is 2.94. The lowest BCUT2D eigenvalue weighted by Crippen LogP contribution is -2.32. The number of nitrogens with two attached hydrogens (primary N) is 1. The predicted molar refractivity (Wildman–Crippen MR) is 56.0 cm³/mol. The average molecular weight is 211 g/mol. The van der Waals surface area contributed by atoms with E-state index in [0.29, 0.717) is 18.9 Å². The third-order valence-corrected chi connectivity index (χ3v) is 1.88. The highest BCUT2D eigenvalue weighted by atomic mass is 16.7. The van der Waals surface area contributed by atoms with Crippen LogP contribution >= 0.6 is 0 Å². The van der Waals surface area contributed by atoms with E-state index >= 15 is 0 Å². The van der Waals surface area contributed by atoms with Crippen molar-refractivity contribution < 1.29 is 9.47 Å². The van der Waals surface area contributed by atoms with E-state index < -0.39 is 12.3 Å². The van der Waals surface area contributed by atoms with Crippen molar-refractivity contribution in [3.05, 3.63) is 24.3 Å². The summed E-state index contributed by atoms with van der Waals surface area (Å²) in [4.78, 5) is 8.07. The molecule has 5 nitrogen and oxygen atoms in total. The summed E-state index contributed by atoms with van der Waals surface area (Å²) in [7, 11) is 0. The van der Waals surface area contributed by atoms with E-state index in [1.165, 1.54) is 0 Å². The van der Waals surface area contributed by atoms with E-state index in [-0.39, 0.29) is 0 Å². The van der Waals surface area contributed by atoms with Gasteiger partial charge in [0.2, 0.25) is 0 Å². The average Bonchev–Trinajstić information content (AvgIpc) is 2.29. The van der Waals surface area contributed by atoms with E-state index in [2.05, 4.69) is 9.97 Å². The highest BCUT2D eigenvalue weighted by Crippen LogP contribution is 2.14. The summed E-state index contributed by atoms with van der Waals surface area (Å²) in [5, 5.41) is 0. The maximum atomic E-state index is 5.96. The van der Waals surface area contributed by atoms with Gasteiger partial charge in [-0.3, -0.25) is 9.97 Å². The Morgan fingerprint density at radius 1 is 1.27 bits per heavy atom. The number of ether oxygens (including phenoxy) is 2. The van der Waals surface area contributed by atoms with E-state index in [4.69, 9.17) is 15.2 Å². The van der Waals surface area contributed by atoms with Crippen LogP contribution in [0.5, 0.6) is 0 Å². The van der Waals surface area contributed by atoms with Crippen LogP contribution in [0.1, 0.15) is 25.6 Å². The van der Waals surface area contributed by atoms with Crippen LogP contribution in [0.2, 0.25) is 0 Å². The summed E-state index contributed by atoms with van der Waals surface area (Å²) in [5.41, 5.74) is 6.63. The van der Waals surface area contributed by atoms with Crippen LogP contribution in [0.25, 0.3) is 0 Å². The Morgan fingerprint density at radius 3 is 2.40 bits per heavy atom. The van der Waals surface area contributed by atoms with Crippen molar-refractivity contribution in [2.45, 2.75) is 26.2 Å². The Bertz CT molecular complexity index is 263. The molecule has 1 aromatic heterocycles. The highest BCUT2D eigenvalue weighted by molar-refractivity contribution is 5.02. The molecule has 0 aliphatic rings. The van der Waals surface area contributed by atoms with Gasteiger partial charge in [0.1, 0.15) is 6.04 Å². The van der Waals surface area contributed by atoms with Gasteiger partial charge in [-0.15, -0.1) is 0 Å². The lowest BCUT2D eigenvalue weighted by atomic mass is 10.2. The second kappa shape index (κ2) is 6.44. The van der Waals surface area contributed by atoms with Crippen LogP contribution in [0.15, 0.2) is 18.6 Å². The van der Waals surface area contributed by atoms with E-state index in [1.54, 1.807) is 18.6 Å². The Morgan fingerprint density at radius 2 is 1.93 bits per heavy atom. The first-order valence-electron chi connectivity index (χ1n) is 5.04. The van der Waals surface area contributed by atoms with Gasteiger partial charge in [-0.05, 0) is 13.8 Å². The number of rotatable bonds is 6. The van der Waals surface area contributed by atoms with Gasteiger partial charge in [-0.25, -0.2) is 0 Å². The zero-order chi connectivity index (χ0) is 11.1. The monoisotopic (exact) mass is 211 g/mol. The van der Waals surface area contributed by atoms with Gasteiger partial charge in [-0.2, -0.15) is 0 Å². The molecule has 1 atom stereocenters. The molecule has 0 saturated heterocycles. The molecule has 84 valence electrons. The van der Waals surface area contributed by atoms with Gasteiger partial charge in [0.25, 0.3) is 0 Å². The molecule has 1 rings (SSSR count). The minimum absolute atomic E-state index is 0.404. The molecule has 1 aromatic rings. The van der Waals surface area contributed by atoms with Gasteiger partial charge >= 0.3 is 0 Å². The zero-order valence-corrected chi connectivity index (χ0v) is 9.09. The minimum Gasteiger partial charge on any atom is -0.351 e. The predicted octanol–water partition coefficient (Wildman–Crippen LogP) is 0.875. The molecular weight excluding hydrogens is 194 g/mol. The quantitative estimate of drug-likeness (QED) is 0.707. The number of aromatic nitrogens is 2. The smallest absolute Gasteiger partial charge is 0.178 e. The Balaban J connectivity index is 2.67. The van der Waals surface area contributed by atoms with E-state index in [9.17, 15) is 0 Å². The van der Waals surface area contributed by atoms with E-state index in [1.807, 2.05) is 13.8 Å². The molecule has 1 unspecified atom stereocenters. The molecule has 5 heteroatoms. The molecular formula is C10H17N3O2. The molecule has 0 aliphatic carbocycles. The molecule has 15 heavy (non-hydrogen) atoms. The molecule has 2 N–H and O–H groups in total. The van der Waals surface area contributed by atoms with Gasteiger partial charge < -0.3 is 15.2 Å². The SMILES string of the molecule is CCOC(OCC)C(N)c1cnccn1. The summed E-state index contributed by atoms with van der Waals surface area (Å²) in [5.74, 6) is 0. The Kier molecular flexibility index (Phi) is 5.17. The van der Waals surface area contributed by atoms with Gasteiger partial charge in [-0.1, -0.05) is 0 Å². The van der Waals surface area contributed by atoms with Crippen LogP contribution < -0.4 is 5.73 Å². The Labute approximate surface area is 89.6 Å². The van der Waals surface area contributed by atoms with Gasteiger partial charge in [0, 0.05) is 25.6 Å². The number of nitrogens with zero attached hydrogens (tertiary/aromatic N) is 2. The van der Waals surface area contributed by atoms with Crippen molar-refractivity contribution >= 4 is 0 Å². The number of hydrogen-bond donors (Lipinski definition) is 1. The zero-order valence-electron chi connectivity index (χ0n) is 9.09. The molecule has 1 heterocycles. The molecule has 0 aliphatic heterocycles. The fourth-order valence-corrected chi connectivity index (χ4v) is 1.21. The first-order valence-corrected chi connectivity index (χ1v) is 5.04. The molecule has 0 saturated carbocycles. The second-order valence-electron chi connectivity index (χ2n) is 2.94. The molecule has 0 fully saturated rings. The first kappa shape index (κ1) is 12.0. The molecule has 0 spiro atoms. The molecule has 0 amide bonds. The van der Waals surface area contributed by atoms with Gasteiger partial charge in [0.15, 0.2) is 6.29 Å². The maximum Gasteiger partial charge on any atom is 0.178 e. The van der Waals surface area contributed by atoms with Crippen molar-refractivity contribution in [1.82, 2.24) is 9.97 Å². The molecule has 0 radical (unpaired) electrons.